The molecule has 1 aromatic rings. The Morgan fingerprint density at radius 3 is 2.83 bits per heavy atom. The fourth-order valence-corrected chi connectivity index (χ4v) is 2.02. The number of aliphatic imine (C=N–C) groups is 1. The largest absolute Gasteiger partial charge is 0.497 e. The van der Waals surface area contributed by atoms with Gasteiger partial charge in [-0.2, -0.15) is 0 Å². The van der Waals surface area contributed by atoms with Crippen LogP contribution in [0.1, 0.15) is 20.3 Å². The fourth-order valence-electron chi connectivity index (χ4n) is 2.02. The van der Waals surface area contributed by atoms with Gasteiger partial charge in [0.1, 0.15) is 11.5 Å². The number of nitrogens with zero attached hydrogens (tertiary/aromatic N) is 2. The van der Waals surface area contributed by atoms with E-state index in [1.54, 1.807) is 7.11 Å². The Hall–Kier alpha value is -1.71. The molecule has 1 atom stereocenters. The van der Waals surface area contributed by atoms with Gasteiger partial charge in [-0.05, 0) is 25.5 Å². The molecule has 2 rings (SSSR count). The van der Waals surface area contributed by atoms with Crippen molar-refractivity contribution in [2.45, 2.75) is 26.3 Å². The zero-order valence-corrected chi connectivity index (χ0v) is 11.2. The number of rotatable bonds is 5. The first-order valence-electron chi connectivity index (χ1n) is 6.39. The highest BCUT2D eigenvalue weighted by Crippen LogP contribution is 2.33. The molecule has 0 bridgehead atoms. The van der Waals surface area contributed by atoms with Crippen molar-refractivity contribution in [3.63, 3.8) is 0 Å². The van der Waals surface area contributed by atoms with E-state index in [1.165, 1.54) is 0 Å². The van der Waals surface area contributed by atoms with Gasteiger partial charge >= 0.3 is 0 Å². The molecule has 0 radical (unpaired) electrons. The second-order valence-electron chi connectivity index (χ2n) is 4.25. The molecule has 1 aliphatic heterocycles. The van der Waals surface area contributed by atoms with Crippen LogP contribution in [0.15, 0.2) is 23.2 Å². The molecule has 18 heavy (non-hydrogen) atoms. The summed E-state index contributed by atoms with van der Waals surface area (Å²) in [4.78, 5) is 6.61. The Balaban J connectivity index is 2.24. The van der Waals surface area contributed by atoms with Gasteiger partial charge in [0.2, 0.25) is 0 Å². The van der Waals surface area contributed by atoms with Gasteiger partial charge in [-0.1, -0.05) is 6.92 Å². The summed E-state index contributed by atoms with van der Waals surface area (Å²) in [5.41, 5.74) is 1.05. The zero-order chi connectivity index (χ0) is 13.0. The topological polar surface area (TPSA) is 34.1 Å². The number of anilines is 1. The summed E-state index contributed by atoms with van der Waals surface area (Å²) in [7, 11) is 1.66. The van der Waals surface area contributed by atoms with Crippen LogP contribution in [0.25, 0.3) is 0 Å². The van der Waals surface area contributed by atoms with E-state index in [0.717, 1.165) is 30.2 Å². The van der Waals surface area contributed by atoms with Crippen molar-refractivity contribution < 1.29 is 9.47 Å². The van der Waals surface area contributed by atoms with E-state index >= 15 is 0 Å². The first-order chi connectivity index (χ1) is 8.78. The van der Waals surface area contributed by atoms with Crippen LogP contribution in [-0.2, 0) is 0 Å². The summed E-state index contributed by atoms with van der Waals surface area (Å²) in [6.07, 6.45) is 2.96. The Kier molecular flexibility index (Phi) is 4.07. The number of hydrogen-bond acceptors (Lipinski definition) is 4. The molecule has 4 heteroatoms. The highest BCUT2D eigenvalue weighted by atomic mass is 16.5. The number of benzene rings is 1. The first kappa shape index (κ1) is 12.7. The van der Waals surface area contributed by atoms with Gasteiger partial charge in [-0.3, -0.25) is 4.99 Å². The maximum Gasteiger partial charge on any atom is 0.146 e. The van der Waals surface area contributed by atoms with Crippen LogP contribution >= 0.6 is 0 Å². The van der Waals surface area contributed by atoms with Crippen LogP contribution in [0.2, 0.25) is 0 Å². The minimum absolute atomic E-state index is 0.390. The average Bonchev–Trinajstić information content (AvgIpc) is 2.87. The molecule has 98 valence electrons. The number of hydrogen-bond donors (Lipinski definition) is 0. The van der Waals surface area contributed by atoms with E-state index < -0.39 is 0 Å². The Labute approximate surface area is 108 Å². The summed E-state index contributed by atoms with van der Waals surface area (Å²) in [5, 5.41) is 0. The molecule has 1 aliphatic rings. The minimum Gasteiger partial charge on any atom is -0.497 e. The summed E-state index contributed by atoms with van der Waals surface area (Å²) in [6.45, 7) is 5.70. The van der Waals surface area contributed by atoms with Crippen molar-refractivity contribution in [2.24, 2.45) is 4.99 Å². The summed E-state index contributed by atoms with van der Waals surface area (Å²) < 4.78 is 10.9. The van der Waals surface area contributed by atoms with Crippen LogP contribution in [0.4, 0.5) is 5.69 Å². The summed E-state index contributed by atoms with van der Waals surface area (Å²) in [5.74, 6) is 1.66. The van der Waals surface area contributed by atoms with Crippen LogP contribution < -0.4 is 14.4 Å². The SMILES string of the molecule is CCOc1cc(OC)ccc1N1C=NC(CC)C1. The molecular formula is C14H20N2O2. The highest BCUT2D eigenvalue weighted by Gasteiger charge is 2.20. The molecule has 1 heterocycles. The maximum atomic E-state index is 5.68. The normalized spacial score (nSPS) is 18.2. The Bertz CT molecular complexity index is 432. The zero-order valence-electron chi connectivity index (χ0n) is 11.2. The summed E-state index contributed by atoms with van der Waals surface area (Å²) in [6, 6.07) is 6.28. The molecule has 0 amide bonds. The van der Waals surface area contributed by atoms with Gasteiger partial charge in [-0.25, -0.2) is 0 Å². The smallest absolute Gasteiger partial charge is 0.146 e. The molecule has 1 aromatic carbocycles. The molecule has 0 aliphatic carbocycles. The van der Waals surface area contributed by atoms with Gasteiger partial charge in [0, 0.05) is 12.6 Å². The highest BCUT2D eigenvalue weighted by molar-refractivity contribution is 5.84. The van der Waals surface area contributed by atoms with E-state index in [2.05, 4.69) is 16.8 Å². The second-order valence-corrected chi connectivity index (χ2v) is 4.25. The van der Waals surface area contributed by atoms with Crippen molar-refractivity contribution >= 4 is 12.0 Å². The van der Waals surface area contributed by atoms with E-state index in [0.29, 0.717) is 12.6 Å². The van der Waals surface area contributed by atoms with E-state index in [1.807, 2.05) is 31.5 Å². The fraction of sp³-hybridized carbons (Fsp3) is 0.500. The van der Waals surface area contributed by atoms with Crippen LogP contribution in [0.5, 0.6) is 11.5 Å². The third-order valence-corrected chi connectivity index (χ3v) is 3.07. The Morgan fingerprint density at radius 1 is 1.39 bits per heavy atom. The van der Waals surface area contributed by atoms with E-state index in [9.17, 15) is 0 Å². The molecule has 0 aromatic heterocycles. The van der Waals surface area contributed by atoms with Gasteiger partial charge in [0.05, 0.1) is 31.8 Å². The molecular weight excluding hydrogens is 228 g/mol. The molecule has 0 fully saturated rings. The third kappa shape index (κ3) is 2.58. The second kappa shape index (κ2) is 5.76. The maximum absolute atomic E-state index is 5.68. The molecule has 1 unspecified atom stereocenters. The first-order valence-corrected chi connectivity index (χ1v) is 6.39. The van der Waals surface area contributed by atoms with Crippen molar-refractivity contribution in [3.8, 4) is 11.5 Å². The van der Waals surface area contributed by atoms with E-state index in [4.69, 9.17) is 9.47 Å². The lowest BCUT2D eigenvalue weighted by atomic mass is 10.2. The van der Waals surface area contributed by atoms with Crippen molar-refractivity contribution in [2.75, 3.05) is 25.2 Å². The quantitative estimate of drug-likeness (QED) is 0.803. The monoisotopic (exact) mass is 248 g/mol. The predicted molar refractivity (Wildman–Crippen MR) is 74.1 cm³/mol. The third-order valence-electron chi connectivity index (χ3n) is 3.07. The lowest BCUT2D eigenvalue weighted by Gasteiger charge is -2.20. The lowest BCUT2D eigenvalue weighted by Crippen LogP contribution is -2.23. The molecule has 4 nitrogen and oxygen atoms in total. The van der Waals surface area contributed by atoms with Crippen molar-refractivity contribution in [1.29, 1.82) is 0 Å². The number of methoxy groups -OCH3 is 1. The molecule has 0 N–H and O–H groups in total. The van der Waals surface area contributed by atoms with Crippen LogP contribution in [-0.4, -0.2) is 32.6 Å². The van der Waals surface area contributed by atoms with Crippen LogP contribution in [0, 0.1) is 0 Å². The van der Waals surface area contributed by atoms with Gasteiger partial charge in [0.15, 0.2) is 0 Å². The van der Waals surface area contributed by atoms with Gasteiger partial charge < -0.3 is 14.4 Å². The standard InChI is InChI=1S/C14H20N2O2/c1-4-11-9-16(10-15-11)13-7-6-12(17-3)8-14(13)18-5-2/h6-8,10-11H,4-5,9H2,1-3H3. The van der Waals surface area contributed by atoms with Gasteiger partial charge in [-0.15, -0.1) is 0 Å². The average molecular weight is 248 g/mol. The molecule has 0 saturated heterocycles. The van der Waals surface area contributed by atoms with E-state index in [-0.39, 0.29) is 0 Å². The number of ether oxygens (including phenoxy) is 2. The molecule has 0 spiro atoms. The Morgan fingerprint density at radius 2 is 2.22 bits per heavy atom. The van der Waals surface area contributed by atoms with Crippen molar-refractivity contribution in [3.05, 3.63) is 18.2 Å². The minimum atomic E-state index is 0.390. The van der Waals surface area contributed by atoms with Gasteiger partial charge in [0.25, 0.3) is 0 Å². The lowest BCUT2D eigenvalue weighted by molar-refractivity contribution is 0.337. The van der Waals surface area contributed by atoms with Crippen LogP contribution in [0.3, 0.4) is 0 Å². The summed E-state index contributed by atoms with van der Waals surface area (Å²) >= 11 is 0. The molecule has 0 saturated carbocycles. The predicted octanol–water partition coefficient (Wildman–Crippen LogP) is 2.72. The van der Waals surface area contributed by atoms with Crippen molar-refractivity contribution in [1.82, 2.24) is 0 Å².